The molecule has 0 spiro atoms. The molecule has 19 heavy (non-hydrogen) atoms. The first-order chi connectivity index (χ1) is 8.76. The molecule has 1 aliphatic heterocycles. The van der Waals surface area contributed by atoms with Gasteiger partial charge in [-0.2, -0.15) is 0 Å². The molecule has 0 radical (unpaired) electrons. The molecule has 0 unspecified atom stereocenters. The van der Waals surface area contributed by atoms with Gasteiger partial charge >= 0.3 is 6.01 Å². The van der Waals surface area contributed by atoms with Gasteiger partial charge in [0.25, 0.3) is 5.92 Å². The summed E-state index contributed by atoms with van der Waals surface area (Å²) in [5, 5.41) is 1.23. The molecule has 6 heteroatoms. The summed E-state index contributed by atoms with van der Waals surface area (Å²) >= 11 is 0. The van der Waals surface area contributed by atoms with E-state index in [-0.39, 0.29) is 17.8 Å². The minimum atomic E-state index is -2.69. The van der Waals surface area contributed by atoms with Crippen LogP contribution in [0.25, 0.3) is 0 Å². The Morgan fingerprint density at radius 3 is 2.42 bits per heavy atom. The Morgan fingerprint density at radius 1 is 1.26 bits per heavy atom. The van der Waals surface area contributed by atoms with Crippen LogP contribution in [0.3, 0.4) is 0 Å². The van der Waals surface area contributed by atoms with Crippen molar-refractivity contribution in [3.63, 3.8) is 0 Å². The van der Waals surface area contributed by atoms with Crippen LogP contribution in [0.1, 0.15) is 39.2 Å². The number of hydrogen-bond acceptors (Lipinski definition) is 4. The van der Waals surface area contributed by atoms with Gasteiger partial charge in [-0.05, 0) is 17.4 Å². The molecule has 106 valence electrons. The summed E-state index contributed by atoms with van der Waals surface area (Å²) in [6.07, 6.45) is 3.67. The van der Waals surface area contributed by atoms with Gasteiger partial charge in [-0.25, -0.2) is 18.7 Å². The van der Waals surface area contributed by atoms with Gasteiger partial charge in [0, 0.05) is 25.4 Å². The maximum absolute atomic E-state index is 13.2. The third-order valence-electron chi connectivity index (χ3n) is 3.06. The molecule has 0 bridgehead atoms. The Bertz CT molecular complexity index is 429. The second-order valence-corrected chi connectivity index (χ2v) is 5.92. The van der Waals surface area contributed by atoms with Crippen molar-refractivity contribution >= 4 is 0 Å². The summed E-state index contributed by atoms with van der Waals surface area (Å²) in [5.41, 5.74) is 0.931. The largest absolute Gasteiger partial charge is 0.365 e. The Hall–Kier alpha value is -1.30. The van der Waals surface area contributed by atoms with Gasteiger partial charge in [0.2, 0.25) is 0 Å². The average molecular weight is 271 g/mol. The Kier molecular flexibility index (Phi) is 3.71. The van der Waals surface area contributed by atoms with Crippen LogP contribution < -0.4 is 4.84 Å². The predicted octanol–water partition coefficient (Wildman–Crippen LogP) is 2.80. The van der Waals surface area contributed by atoms with Gasteiger partial charge in [0.1, 0.15) is 0 Å². The predicted molar refractivity (Wildman–Crippen MR) is 67.1 cm³/mol. The van der Waals surface area contributed by atoms with E-state index in [1.807, 2.05) is 0 Å². The number of piperidine rings is 1. The van der Waals surface area contributed by atoms with Crippen molar-refractivity contribution in [3.05, 3.63) is 18.0 Å². The van der Waals surface area contributed by atoms with Gasteiger partial charge in [-0.1, -0.05) is 20.8 Å². The Labute approximate surface area is 111 Å². The molecule has 0 atom stereocenters. The number of hydroxylamine groups is 2. The summed E-state index contributed by atoms with van der Waals surface area (Å²) in [7, 11) is 0. The van der Waals surface area contributed by atoms with E-state index >= 15 is 0 Å². The van der Waals surface area contributed by atoms with Crippen LogP contribution in [-0.2, 0) is 5.41 Å². The van der Waals surface area contributed by atoms with Crippen LogP contribution in [-0.4, -0.2) is 34.0 Å². The molecule has 0 N–H and O–H groups in total. The van der Waals surface area contributed by atoms with Crippen molar-refractivity contribution in [1.82, 2.24) is 15.0 Å². The zero-order chi connectivity index (χ0) is 14.1. The molecule has 4 nitrogen and oxygen atoms in total. The lowest BCUT2D eigenvalue weighted by molar-refractivity contribution is -0.164. The highest BCUT2D eigenvalue weighted by atomic mass is 19.3. The van der Waals surface area contributed by atoms with Gasteiger partial charge in [0.05, 0.1) is 6.54 Å². The molecular weight excluding hydrogens is 252 g/mol. The summed E-state index contributed by atoms with van der Waals surface area (Å²) in [6, 6.07) is 0.116. The maximum atomic E-state index is 13.2. The van der Waals surface area contributed by atoms with Gasteiger partial charge < -0.3 is 4.84 Å². The highest BCUT2D eigenvalue weighted by Gasteiger charge is 2.36. The first-order valence-corrected chi connectivity index (χ1v) is 6.40. The quantitative estimate of drug-likeness (QED) is 0.829. The molecular formula is C13H19F2N3O. The van der Waals surface area contributed by atoms with Crippen LogP contribution in [0.2, 0.25) is 0 Å². The highest BCUT2D eigenvalue weighted by molar-refractivity contribution is 5.16. The molecule has 1 aromatic rings. The molecule has 2 heterocycles. The molecule has 1 aliphatic rings. The van der Waals surface area contributed by atoms with Crippen LogP contribution >= 0.6 is 0 Å². The lowest BCUT2D eigenvalue weighted by atomic mass is 9.89. The van der Waals surface area contributed by atoms with E-state index in [0.29, 0.717) is 13.0 Å². The molecule has 0 aromatic carbocycles. The molecule has 0 amide bonds. The van der Waals surface area contributed by atoms with Crippen molar-refractivity contribution in [2.45, 2.75) is 45.0 Å². The van der Waals surface area contributed by atoms with Crippen LogP contribution in [0, 0.1) is 0 Å². The van der Waals surface area contributed by atoms with E-state index in [0.717, 1.165) is 5.56 Å². The fourth-order valence-electron chi connectivity index (χ4n) is 1.87. The number of rotatable bonds is 2. The smallest absolute Gasteiger partial charge is 0.335 e. The maximum Gasteiger partial charge on any atom is 0.335 e. The first kappa shape index (κ1) is 14.1. The van der Waals surface area contributed by atoms with Crippen molar-refractivity contribution < 1.29 is 13.6 Å². The second kappa shape index (κ2) is 5.00. The van der Waals surface area contributed by atoms with E-state index in [4.69, 9.17) is 4.84 Å². The third kappa shape index (κ3) is 3.83. The molecule has 1 aromatic heterocycles. The monoisotopic (exact) mass is 271 g/mol. The van der Waals surface area contributed by atoms with Crippen LogP contribution in [0.15, 0.2) is 12.4 Å². The fraction of sp³-hybridized carbons (Fsp3) is 0.692. The van der Waals surface area contributed by atoms with Crippen molar-refractivity contribution in [3.8, 4) is 6.01 Å². The number of halogens is 2. The fourth-order valence-corrected chi connectivity index (χ4v) is 1.87. The highest BCUT2D eigenvalue weighted by Crippen LogP contribution is 2.27. The SMILES string of the molecule is CC(C)(C)c1cnc(ON2CCCC(F)(F)C2)nc1. The Morgan fingerprint density at radius 2 is 1.89 bits per heavy atom. The molecule has 1 saturated heterocycles. The standard InChI is InChI=1S/C13H19F2N3O/c1-12(2,3)10-7-16-11(17-8-10)19-18-6-4-5-13(14,15)9-18/h7-8H,4-6,9H2,1-3H3. The van der Waals surface area contributed by atoms with Gasteiger partial charge in [-0.3, -0.25) is 0 Å². The lowest BCUT2D eigenvalue weighted by Crippen LogP contribution is -2.44. The zero-order valence-electron chi connectivity index (χ0n) is 11.5. The van der Waals surface area contributed by atoms with Crippen molar-refractivity contribution in [1.29, 1.82) is 0 Å². The van der Waals surface area contributed by atoms with E-state index < -0.39 is 12.5 Å². The molecule has 0 saturated carbocycles. The summed E-state index contributed by atoms with van der Waals surface area (Å²) in [6.45, 7) is 6.23. The van der Waals surface area contributed by atoms with Crippen molar-refractivity contribution in [2.75, 3.05) is 13.1 Å². The minimum absolute atomic E-state index is 0.0450. The normalized spacial score (nSPS) is 20.3. The van der Waals surface area contributed by atoms with E-state index in [1.54, 1.807) is 12.4 Å². The summed E-state index contributed by atoms with van der Waals surface area (Å²) in [4.78, 5) is 13.4. The number of hydrogen-bond donors (Lipinski definition) is 0. The summed E-state index contributed by atoms with van der Waals surface area (Å²) < 4.78 is 26.4. The summed E-state index contributed by atoms with van der Waals surface area (Å²) in [5.74, 6) is -2.69. The second-order valence-electron chi connectivity index (χ2n) is 5.92. The van der Waals surface area contributed by atoms with E-state index in [1.165, 1.54) is 5.06 Å². The lowest BCUT2D eigenvalue weighted by Gasteiger charge is -2.30. The molecule has 1 fully saturated rings. The zero-order valence-corrected chi connectivity index (χ0v) is 11.5. The third-order valence-corrected chi connectivity index (χ3v) is 3.06. The number of alkyl halides is 2. The van der Waals surface area contributed by atoms with E-state index in [9.17, 15) is 8.78 Å². The Balaban J connectivity index is 2.00. The number of nitrogens with zero attached hydrogens (tertiary/aromatic N) is 3. The topological polar surface area (TPSA) is 38.2 Å². The van der Waals surface area contributed by atoms with E-state index in [2.05, 4.69) is 30.7 Å². The minimum Gasteiger partial charge on any atom is -0.365 e. The van der Waals surface area contributed by atoms with Gasteiger partial charge in [0.15, 0.2) is 0 Å². The van der Waals surface area contributed by atoms with Crippen LogP contribution in [0.4, 0.5) is 8.78 Å². The first-order valence-electron chi connectivity index (χ1n) is 6.40. The van der Waals surface area contributed by atoms with Gasteiger partial charge in [-0.15, -0.1) is 5.06 Å². The molecule has 0 aliphatic carbocycles. The van der Waals surface area contributed by atoms with Crippen molar-refractivity contribution in [2.24, 2.45) is 0 Å². The van der Waals surface area contributed by atoms with Crippen LogP contribution in [0.5, 0.6) is 6.01 Å². The number of aromatic nitrogens is 2. The molecule has 2 rings (SSSR count). The average Bonchev–Trinajstić information content (AvgIpc) is 2.27.